The van der Waals surface area contributed by atoms with Crippen LogP contribution in [-0.4, -0.2) is 18.3 Å². The molecule has 0 amide bonds. The van der Waals surface area contributed by atoms with Gasteiger partial charge in [0.2, 0.25) is 0 Å². The first-order chi connectivity index (χ1) is 8.88. The summed E-state index contributed by atoms with van der Waals surface area (Å²) < 4.78 is 5.16. The van der Waals surface area contributed by atoms with E-state index >= 15 is 0 Å². The predicted molar refractivity (Wildman–Crippen MR) is 73.0 cm³/mol. The van der Waals surface area contributed by atoms with Crippen LogP contribution >= 0.6 is 0 Å². The SMILES string of the molecule is COc1cccc(CC=NNc2ccncc2)c1. The smallest absolute Gasteiger partial charge is 0.119 e. The van der Waals surface area contributed by atoms with Crippen molar-refractivity contribution >= 4 is 11.9 Å². The summed E-state index contributed by atoms with van der Waals surface area (Å²) >= 11 is 0. The average Bonchev–Trinajstić information content (AvgIpc) is 2.45. The molecule has 0 unspecified atom stereocenters. The molecule has 2 aromatic rings. The van der Waals surface area contributed by atoms with Gasteiger partial charge in [-0.3, -0.25) is 10.4 Å². The van der Waals surface area contributed by atoms with E-state index in [9.17, 15) is 0 Å². The van der Waals surface area contributed by atoms with Crippen LogP contribution in [0.4, 0.5) is 5.69 Å². The van der Waals surface area contributed by atoms with Crippen molar-refractivity contribution in [3.8, 4) is 5.75 Å². The lowest BCUT2D eigenvalue weighted by Gasteiger charge is -2.01. The standard InChI is InChI=1S/C14H15N3O/c1-18-14-4-2-3-12(11-14)5-10-16-17-13-6-8-15-9-7-13/h2-4,6-11H,5H2,1H3,(H,15,17). The Morgan fingerprint density at radius 2 is 2.11 bits per heavy atom. The van der Waals surface area contributed by atoms with Gasteiger partial charge in [-0.05, 0) is 29.8 Å². The van der Waals surface area contributed by atoms with Gasteiger partial charge in [-0.25, -0.2) is 0 Å². The molecule has 0 aliphatic heterocycles. The van der Waals surface area contributed by atoms with Crippen molar-refractivity contribution in [1.29, 1.82) is 0 Å². The van der Waals surface area contributed by atoms with Crippen LogP contribution in [0.15, 0.2) is 53.9 Å². The van der Waals surface area contributed by atoms with Gasteiger partial charge in [0.25, 0.3) is 0 Å². The fraction of sp³-hybridized carbons (Fsp3) is 0.143. The molecule has 1 N–H and O–H groups in total. The van der Waals surface area contributed by atoms with E-state index < -0.39 is 0 Å². The molecule has 2 rings (SSSR count). The number of hydrogen-bond donors (Lipinski definition) is 1. The van der Waals surface area contributed by atoms with E-state index in [1.165, 1.54) is 0 Å². The second-order valence-corrected chi connectivity index (χ2v) is 3.72. The summed E-state index contributed by atoms with van der Waals surface area (Å²) in [6.45, 7) is 0. The van der Waals surface area contributed by atoms with Crippen molar-refractivity contribution in [2.45, 2.75) is 6.42 Å². The van der Waals surface area contributed by atoms with Crippen molar-refractivity contribution in [1.82, 2.24) is 4.98 Å². The van der Waals surface area contributed by atoms with E-state index in [1.54, 1.807) is 19.5 Å². The highest BCUT2D eigenvalue weighted by atomic mass is 16.5. The molecule has 0 fully saturated rings. The lowest BCUT2D eigenvalue weighted by atomic mass is 10.1. The van der Waals surface area contributed by atoms with Crippen LogP contribution in [0.5, 0.6) is 5.75 Å². The summed E-state index contributed by atoms with van der Waals surface area (Å²) in [7, 11) is 1.66. The minimum absolute atomic E-state index is 0.759. The van der Waals surface area contributed by atoms with Crippen LogP contribution in [-0.2, 0) is 6.42 Å². The third-order valence-electron chi connectivity index (χ3n) is 2.43. The molecule has 92 valence electrons. The number of ether oxygens (including phenoxy) is 1. The summed E-state index contributed by atoms with van der Waals surface area (Å²) in [4.78, 5) is 3.93. The highest BCUT2D eigenvalue weighted by Gasteiger charge is 1.93. The van der Waals surface area contributed by atoms with Crippen LogP contribution in [0.3, 0.4) is 0 Å². The number of hydrogen-bond acceptors (Lipinski definition) is 4. The second kappa shape index (κ2) is 6.39. The minimum atomic E-state index is 0.759. The molecule has 0 saturated carbocycles. The van der Waals surface area contributed by atoms with Crippen LogP contribution in [0.1, 0.15) is 5.56 Å². The van der Waals surface area contributed by atoms with Crippen LogP contribution in [0, 0.1) is 0 Å². The lowest BCUT2D eigenvalue weighted by molar-refractivity contribution is 0.414. The van der Waals surface area contributed by atoms with Gasteiger partial charge < -0.3 is 4.74 Å². The summed E-state index contributed by atoms with van der Waals surface area (Å²) in [5.74, 6) is 0.864. The first-order valence-corrected chi connectivity index (χ1v) is 5.69. The van der Waals surface area contributed by atoms with E-state index in [0.717, 1.165) is 23.4 Å². The van der Waals surface area contributed by atoms with Crippen LogP contribution in [0.25, 0.3) is 0 Å². The van der Waals surface area contributed by atoms with E-state index in [2.05, 4.69) is 15.5 Å². The van der Waals surface area contributed by atoms with E-state index in [0.29, 0.717) is 0 Å². The third-order valence-corrected chi connectivity index (χ3v) is 2.43. The van der Waals surface area contributed by atoms with Crippen LogP contribution < -0.4 is 10.2 Å². The molecule has 1 aromatic carbocycles. The Labute approximate surface area is 106 Å². The Bertz CT molecular complexity index is 511. The fourth-order valence-electron chi connectivity index (χ4n) is 1.50. The number of methoxy groups -OCH3 is 1. The number of rotatable bonds is 5. The van der Waals surface area contributed by atoms with Crippen molar-refractivity contribution in [3.05, 3.63) is 54.4 Å². The van der Waals surface area contributed by atoms with Crippen molar-refractivity contribution in [3.63, 3.8) is 0 Å². The molecule has 4 heteroatoms. The highest BCUT2D eigenvalue weighted by molar-refractivity contribution is 5.63. The summed E-state index contributed by atoms with van der Waals surface area (Å²) in [5, 5.41) is 4.15. The lowest BCUT2D eigenvalue weighted by Crippen LogP contribution is -1.93. The Morgan fingerprint density at radius 3 is 2.89 bits per heavy atom. The number of anilines is 1. The molecule has 0 bridgehead atoms. The molecule has 0 aliphatic rings. The molecule has 1 heterocycles. The summed E-state index contributed by atoms with van der Waals surface area (Å²) in [6, 6.07) is 11.7. The Hall–Kier alpha value is -2.36. The van der Waals surface area contributed by atoms with Crippen molar-refractivity contribution in [2.75, 3.05) is 12.5 Å². The van der Waals surface area contributed by atoms with Gasteiger partial charge >= 0.3 is 0 Å². The zero-order valence-corrected chi connectivity index (χ0v) is 10.2. The van der Waals surface area contributed by atoms with Gasteiger partial charge in [0, 0.05) is 25.0 Å². The molecule has 0 radical (unpaired) electrons. The topological polar surface area (TPSA) is 46.5 Å². The second-order valence-electron chi connectivity index (χ2n) is 3.72. The monoisotopic (exact) mass is 241 g/mol. The number of aromatic nitrogens is 1. The molecule has 0 aliphatic carbocycles. The normalized spacial score (nSPS) is 10.5. The minimum Gasteiger partial charge on any atom is -0.497 e. The number of hydrazone groups is 1. The Morgan fingerprint density at radius 1 is 1.28 bits per heavy atom. The van der Waals surface area contributed by atoms with Gasteiger partial charge in [-0.15, -0.1) is 0 Å². The molecule has 18 heavy (non-hydrogen) atoms. The van der Waals surface area contributed by atoms with E-state index in [1.807, 2.05) is 42.6 Å². The first-order valence-electron chi connectivity index (χ1n) is 5.69. The zero-order chi connectivity index (χ0) is 12.6. The highest BCUT2D eigenvalue weighted by Crippen LogP contribution is 2.12. The van der Waals surface area contributed by atoms with Gasteiger partial charge in [-0.1, -0.05) is 12.1 Å². The molecule has 0 atom stereocenters. The third kappa shape index (κ3) is 3.59. The maximum Gasteiger partial charge on any atom is 0.119 e. The molecular formula is C14H15N3O. The Balaban J connectivity index is 1.87. The summed E-state index contributed by atoms with van der Waals surface area (Å²) in [6.07, 6.45) is 6.03. The molecule has 4 nitrogen and oxygen atoms in total. The molecular weight excluding hydrogens is 226 g/mol. The van der Waals surface area contributed by atoms with Gasteiger partial charge in [-0.2, -0.15) is 5.10 Å². The Kier molecular flexibility index (Phi) is 4.30. The molecule has 0 saturated heterocycles. The number of pyridine rings is 1. The molecule has 1 aromatic heterocycles. The maximum atomic E-state index is 5.16. The van der Waals surface area contributed by atoms with Gasteiger partial charge in [0.05, 0.1) is 12.8 Å². The van der Waals surface area contributed by atoms with Gasteiger partial charge in [0.15, 0.2) is 0 Å². The molecule has 0 spiro atoms. The van der Waals surface area contributed by atoms with Gasteiger partial charge in [0.1, 0.15) is 5.75 Å². The quantitative estimate of drug-likeness (QED) is 0.646. The fourth-order valence-corrected chi connectivity index (χ4v) is 1.50. The maximum absolute atomic E-state index is 5.16. The largest absolute Gasteiger partial charge is 0.497 e. The summed E-state index contributed by atoms with van der Waals surface area (Å²) in [5.41, 5.74) is 5.03. The predicted octanol–water partition coefficient (Wildman–Crippen LogP) is 2.73. The van der Waals surface area contributed by atoms with Crippen molar-refractivity contribution < 1.29 is 4.74 Å². The number of nitrogens with one attached hydrogen (secondary N) is 1. The zero-order valence-electron chi connectivity index (χ0n) is 10.2. The van der Waals surface area contributed by atoms with Crippen LogP contribution in [0.2, 0.25) is 0 Å². The van der Waals surface area contributed by atoms with Crippen molar-refractivity contribution in [2.24, 2.45) is 5.10 Å². The average molecular weight is 241 g/mol. The van der Waals surface area contributed by atoms with E-state index in [-0.39, 0.29) is 0 Å². The number of nitrogens with zero attached hydrogens (tertiary/aromatic N) is 2. The first kappa shape index (κ1) is 12.1. The number of benzene rings is 1. The van der Waals surface area contributed by atoms with E-state index in [4.69, 9.17) is 4.74 Å².